The quantitative estimate of drug-likeness (QED) is 0.177. The highest BCUT2D eigenvalue weighted by atomic mass is 16.5. The highest BCUT2D eigenvalue weighted by Crippen LogP contribution is 2.27. The Kier molecular flexibility index (Phi) is 7.88. The highest BCUT2D eigenvalue weighted by molar-refractivity contribution is 5.89. The van der Waals surface area contributed by atoms with Crippen molar-refractivity contribution in [3.05, 3.63) is 41.5 Å². The van der Waals surface area contributed by atoms with Crippen molar-refractivity contribution in [3.8, 4) is 5.75 Å². The van der Waals surface area contributed by atoms with Gasteiger partial charge in [-0.2, -0.15) is 0 Å². The third-order valence-electron chi connectivity index (χ3n) is 4.46. The molecule has 27 heavy (non-hydrogen) atoms. The number of methoxy groups -OCH3 is 2. The Labute approximate surface area is 159 Å². The number of nitrogens with two attached hydrogens (primary N) is 1. The summed E-state index contributed by atoms with van der Waals surface area (Å²) in [5, 5.41) is 21.3. The number of anilines is 1. The van der Waals surface area contributed by atoms with E-state index in [1.165, 1.54) is 13.2 Å². The third kappa shape index (κ3) is 6.14. The van der Waals surface area contributed by atoms with Crippen LogP contribution in [-0.2, 0) is 4.74 Å². The zero-order valence-electron chi connectivity index (χ0n) is 15.7. The van der Waals surface area contributed by atoms with E-state index in [2.05, 4.69) is 10.1 Å². The summed E-state index contributed by atoms with van der Waals surface area (Å²) in [6.07, 6.45) is 11.8. The molecule has 1 aromatic rings. The topological polar surface area (TPSA) is 110 Å². The lowest BCUT2D eigenvalue weighted by Crippen LogP contribution is -2.20. The zero-order valence-corrected chi connectivity index (χ0v) is 15.7. The summed E-state index contributed by atoms with van der Waals surface area (Å²) in [6.45, 7) is 0. The van der Waals surface area contributed by atoms with Gasteiger partial charge in [0.15, 0.2) is 0 Å². The number of aliphatic hydroxyl groups excluding tert-OH is 1. The van der Waals surface area contributed by atoms with Gasteiger partial charge in [-0.05, 0) is 36.9 Å². The number of aliphatic imine (C=N–C) groups is 1. The number of rotatable bonds is 6. The van der Waals surface area contributed by atoms with Crippen molar-refractivity contribution in [1.82, 2.24) is 0 Å². The molecule has 146 valence electrons. The molecule has 7 nitrogen and oxygen atoms in total. The average molecular weight is 373 g/mol. The summed E-state index contributed by atoms with van der Waals surface area (Å²) in [4.78, 5) is 4.63. The number of nitrogen functional groups attached to an aromatic ring is 1. The van der Waals surface area contributed by atoms with E-state index in [0.717, 1.165) is 36.8 Å². The van der Waals surface area contributed by atoms with Crippen molar-refractivity contribution in [2.24, 2.45) is 10.1 Å². The number of hydrogen-bond donors (Lipinski definition) is 3. The smallest absolute Gasteiger partial charge is 0.249 e. The maximum absolute atomic E-state index is 9.59. The first kappa shape index (κ1) is 20.5. The highest BCUT2D eigenvalue weighted by Gasteiger charge is 2.18. The summed E-state index contributed by atoms with van der Waals surface area (Å²) in [6, 6.07) is 3.91. The summed E-state index contributed by atoms with van der Waals surface area (Å²) >= 11 is 0. The molecule has 0 saturated heterocycles. The predicted molar refractivity (Wildman–Crippen MR) is 108 cm³/mol. The molecule has 0 unspecified atom stereocenters. The standard InChI is InChI=1S/C20H27N3O4/c1-26-19-12-18(21)15(13-22-16-7-9-17(24)10-8-16)11-14(19)5-3-4-6-20(23-25)27-2/h3-6,11-13,16-17,24-25H,7-10,21H2,1-2H3/b5-3+,6-4-,22-13?,23-20-. The predicted octanol–water partition coefficient (Wildman–Crippen LogP) is 3.00. The van der Waals surface area contributed by atoms with Crippen molar-refractivity contribution in [2.45, 2.75) is 37.8 Å². The maximum Gasteiger partial charge on any atom is 0.249 e. The number of nitrogens with zero attached hydrogens (tertiary/aromatic N) is 2. The molecule has 4 N–H and O–H groups in total. The second-order valence-corrected chi connectivity index (χ2v) is 6.32. The average Bonchev–Trinajstić information content (AvgIpc) is 2.69. The number of hydrogen-bond acceptors (Lipinski definition) is 7. The summed E-state index contributed by atoms with van der Waals surface area (Å²) in [5.41, 5.74) is 8.38. The van der Waals surface area contributed by atoms with Gasteiger partial charge in [0, 0.05) is 35.2 Å². The van der Waals surface area contributed by atoms with E-state index >= 15 is 0 Å². The van der Waals surface area contributed by atoms with Gasteiger partial charge in [-0.3, -0.25) is 4.99 Å². The molecule has 1 aliphatic rings. The van der Waals surface area contributed by atoms with Crippen LogP contribution in [0, 0.1) is 0 Å². The molecule has 0 aromatic heterocycles. The van der Waals surface area contributed by atoms with Crippen LogP contribution in [0.2, 0.25) is 0 Å². The SMILES string of the molecule is COC(/C=C\C=C\c1cc(C=NC2CCC(O)CC2)c(N)cc1OC)=N\O. The number of ether oxygens (including phenoxy) is 2. The van der Waals surface area contributed by atoms with E-state index < -0.39 is 0 Å². The lowest BCUT2D eigenvalue weighted by atomic mass is 9.93. The van der Waals surface area contributed by atoms with Gasteiger partial charge in [0.1, 0.15) is 5.75 Å². The largest absolute Gasteiger partial charge is 0.496 e. The Morgan fingerprint density at radius 3 is 2.52 bits per heavy atom. The number of oxime groups is 1. The Balaban J connectivity index is 2.16. The van der Waals surface area contributed by atoms with Crippen LogP contribution in [0.1, 0.15) is 36.8 Å². The molecule has 7 heteroatoms. The lowest BCUT2D eigenvalue weighted by molar-refractivity contribution is 0.123. The van der Waals surface area contributed by atoms with E-state index in [4.69, 9.17) is 20.4 Å². The second-order valence-electron chi connectivity index (χ2n) is 6.32. The molecule has 1 aliphatic carbocycles. The van der Waals surface area contributed by atoms with E-state index in [9.17, 15) is 5.11 Å². The van der Waals surface area contributed by atoms with E-state index in [1.807, 2.05) is 12.1 Å². The van der Waals surface area contributed by atoms with Crippen LogP contribution in [0.25, 0.3) is 6.08 Å². The van der Waals surface area contributed by atoms with Crippen molar-refractivity contribution in [2.75, 3.05) is 20.0 Å². The van der Waals surface area contributed by atoms with Crippen LogP contribution in [0.5, 0.6) is 5.75 Å². The Hall–Kier alpha value is -2.80. The van der Waals surface area contributed by atoms with Gasteiger partial charge < -0.3 is 25.5 Å². The molecule has 0 heterocycles. The van der Waals surface area contributed by atoms with Crippen molar-refractivity contribution in [3.63, 3.8) is 0 Å². The summed E-state index contributed by atoms with van der Waals surface area (Å²) in [5.74, 6) is 0.757. The van der Waals surface area contributed by atoms with Gasteiger partial charge in [0.05, 0.1) is 26.4 Å². The zero-order chi connectivity index (χ0) is 19.6. The fourth-order valence-electron chi connectivity index (χ4n) is 2.88. The molecule has 1 aromatic carbocycles. The van der Waals surface area contributed by atoms with Crippen LogP contribution >= 0.6 is 0 Å². The summed E-state index contributed by atoms with van der Waals surface area (Å²) in [7, 11) is 3.01. The molecular weight excluding hydrogens is 346 g/mol. The van der Waals surface area contributed by atoms with E-state index in [0.29, 0.717) is 11.4 Å². The number of aliphatic hydroxyl groups is 1. The molecule has 0 spiro atoms. The van der Waals surface area contributed by atoms with Crippen molar-refractivity contribution >= 4 is 23.9 Å². The Morgan fingerprint density at radius 1 is 1.15 bits per heavy atom. The molecule has 2 rings (SSSR count). The molecule has 0 radical (unpaired) electrons. The first-order valence-electron chi connectivity index (χ1n) is 8.87. The third-order valence-corrected chi connectivity index (χ3v) is 4.46. The van der Waals surface area contributed by atoms with Crippen molar-refractivity contribution < 1.29 is 19.8 Å². The van der Waals surface area contributed by atoms with Crippen LogP contribution in [-0.4, -0.2) is 48.8 Å². The van der Waals surface area contributed by atoms with E-state index in [1.54, 1.807) is 31.5 Å². The van der Waals surface area contributed by atoms with Crippen LogP contribution in [0.4, 0.5) is 5.69 Å². The minimum atomic E-state index is -0.193. The van der Waals surface area contributed by atoms with Gasteiger partial charge >= 0.3 is 0 Å². The van der Waals surface area contributed by atoms with Gasteiger partial charge in [-0.1, -0.05) is 18.2 Å². The first-order chi connectivity index (χ1) is 13.1. The molecule has 0 atom stereocenters. The van der Waals surface area contributed by atoms with Gasteiger partial charge in [-0.25, -0.2) is 0 Å². The first-order valence-corrected chi connectivity index (χ1v) is 8.87. The van der Waals surface area contributed by atoms with Gasteiger partial charge in [-0.15, -0.1) is 0 Å². The Bertz CT molecular complexity index is 733. The molecule has 0 bridgehead atoms. The molecule has 1 saturated carbocycles. The monoisotopic (exact) mass is 373 g/mol. The maximum atomic E-state index is 9.59. The molecule has 0 amide bonds. The minimum absolute atomic E-state index is 0.106. The van der Waals surface area contributed by atoms with Crippen LogP contribution < -0.4 is 10.5 Å². The molecule has 0 aliphatic heterocycles. The molecular formula is C20H27N3O4. The number of allylic oxidation sites excluding steroid dienone is 2. The van der Waals surface area contributed by atoms with Crippen LogP contribution in [0.3, 0.4) is 0 Å². The minimum Gasteiger partial charge on any atom is -0.496 e. The van der Waals surface area contributed by atoms with Gasteiger partial charge in [0.25, 0.3) is 0 Å². The molecule has 1 fully saturated rings. The van der Waals surface area contributed by atoms with Gasteiger partial charge in [0.2, 0.25) is 5.90 Å². The fraction of sp³-hybridized carbons (Fsp3) is 0.400. The summed E-state index contributed by atoms with van der Waals surface area (Å²) < 4.78 is 10.2. The Morgan fingerprint density at radius 2 is 1.89 bits per heavy atom. The van der Waals surface area contributed by atoms with Crippen LogP contribution in [0.15, 0.2) is 40.5 Å². The van der Waals surface area contributed by atoms with E-state index in [-0.39, 0.29) is 18.0 Å². The van der Waals surface area contributed by atoms with Crippen molar-refractivity contribution in [1.29, 1.82) is 0 Å². The fourth-order valence-corrected chi connectivity index (χ4v) is 2.88. The second kappa shape index (κ2) is 10.4. The normalized spacial score (nSPS) is 21.4. The lowest BCUT2D eigenvalue weighted by Gasteiger charge is -2.22. The number of benzene rings is 1.